The standard InChI is InChI=1S/C15H20ClF3N2O2/c16-12-10-11(3-4-14(12)23-15(17,18)19)13(2-1-9-22)21-7-5-20-6-8-21/h3-4,10,13,20,22H,1-2,5-9H2/t13-/m0/s1. The minimum Gasteiger partial charge on any atom is -0.404 e. The summed E-state index contributed by atoms with van der Waals surface area (Å²) in [5.41, 5.74) is 0.833. The lowest BCUT2D eigenvalue weighted by Crippen LogP contribution is -2.45. The van der Waals surface area contributed by atoms with Crippen LogP contribution in [0, 0.1) is 0 Å². The zero-order valence-corrected chi connectivity index (χ0v) is 13.3. The molecule has 1 aliphatic rings. The molecule has 0 bridgehead atoms. The number of piperazine rings is 1. The van der Waals surface area contributed by atoms with Crippen LogP contribution in [0.15, 0.2) is 18.2 Å². The third-order valence-electron chi connectivity index (χ3n) is 3.79. The highest BCUT2D eigenvalue weighted by Crippen LogP contribution is 2.35. The highest BCUT2D eigenvalue weighted by Gasteiger charge is 2.32. The summed E-state index contributed by atoms with van der Waals surface area (Å²) < 4.78 is 40.8. The second-order valence-electron chi connectivity index (χ2n) is 5.41. The van der Waals surface area contributed by atoms with Crippen LogP contribution in [0.25, 0.3) is 0 Å². The third kappa shape index (κ3) is 5.53. The number of hydrogen-bond acceptors (Lipinski definition) is 4. The molecule has 1 saturated heterocycles. The van der Waals surface area contributed by atoms with E-state index in [9.17, 15) is 13.2 Å². The van der Waals surface area contributed by atoms with Gasteiger partial charge in [-0.2, -0.15) is 0 Å². The van der Waals surface area contributed by atoms with Crippen LogP contribution < -0.4 is 10.1 Å². The van der Waals surface area contributed by atoms with Gasteiger partial charge in [-0.15, -0.1) is 13.2 Å². The van der Waals surface area contributed by atoms with Crippen molar-refractivity contribution in [2.75, 3.05) is 32.8 Å². The highest BCUT2D eigenvalue weighted by molar-refractivity contribution is 6.32. The summed E-state index contributed by atoms with van der Waals surface area (Å²) in [7, 11) is 0. The molecule has 0 spiro atoms. The lowest BCUT2D eigenvalue weighted by Gasteiger charge is -2.35. The fraction of sp³-hybridized carbons (Fsp3) is 0.600. The summed E-state index contributed by atoms with van der Waals surface area (Å²) >= 11 is 5.95. The Bertz CT molecular complexity index is 508. The zero-order valence-electron chi connectivity index (χ0n) is 12.6. The molecule has 0 unspecified atom stereocenters. The molecule has 2 rings (SSSR count). The second kappa shape index (κ2) is 8.19. The van der Waals surface area contributed by atoms with Gasteiger partial charge in [-0.3, -0.25) is 4.90 Å². The molecule has 0 saturated carbocycles. The Morgan fingerprint density at radius 3 is 2.57 bits per heavy atom. The van der Waals surface area contributed by atoms with Gasteiger partial charge in [-0.05, 0) is 30.5 Å². The number of aliphatic hydroxyl groups is 1. The van der Waals surface area contributed by atoms with Crippen molar-refractivity contribution in [3.8, 4) is 5.75 Å². The summed E-state index contributed by atoms with van der Waals surface area (Å²) in [5.74, 6) is -0.399. The summed E-state index contributed by atoms with van der Waals surface area (Å²) in [6.07, 6.45) is -3.43. The molecule has 1 fully saturated rings. The second-order valence-corrected chi connectivity index (χ2v) is 5.81. The molecule has 1 atom stereocenters. The molecule has 0 radical (unpaired) electrons. The first-order valence-corrected chi connectivity index (χ1v) is 7.89. The topological polar surface area (TPSA) is 44.7 Å². The molecule has 0 aliphatic carbocycles. The van der Waals surface area contributed by atoms with Crippen LogP contribution in [-0.4, -0.2) is 49.2 Å². The van der Waals surface area contributed by atoms with Crippen molar-refractivity contribution in [3.05, 3.63) is 28.8 Å². The van der Waals surface area contributed by atoms with Gasteiger partial charge >= 0.3 is 6.36 Å². The van der Waals surface area contributed by atoms with E-state index < -0.39 is 12.1 Å². The van der Waals surface area contributed by atoms with Crippen molar-refractivity contribution in [3.63, 3.8) is 0 Å². The molecule has 1 aromatic carbocycles. The predicted molar refractivity (Wildman–Crippen MR) is 81.6 cm³/mol. The number of ether oxygens (including phenoxy) is 1. The van der Waals surface area contributed by atoms with E-state index in [-0.39, 0.29) is 17.7 Å². The first-order valence-electron chi connectivity index (χ1n) is 7.51. The normalized spacial score (nSPS) is 18.0. The van der Waals surface area contributed by atoms with Gasteiger partial charge in [0.2, 0.25) is 0 Å². The van der Waals surface area contributed by atoms with E-state index in [4.69, 9.17) is 16.7 Å². The summed E-state index contributed by atoms with van der Waals surface area (Å²) in [4.78, 5) is 2.25. The molecule has 130 valence electrons. The molecule has 4 nitrogen and oxygen atoms in total. The number of alkyl halides is 3. The molecule has 0 aromatic heterocycles. The molecule has 1 aliphatic heterocycles. The SMILES string of the molecule is OCCC[C@@H](c1ccc(OC(F)(F)F)c(Cl)c1)N1CCNCC1. The predicted octanol–water partition coefficient (Wildman–Crippen LogP) is 2.96. The molecule has 23 heavy (non-hydrogen) atoms. The van der Waals surface area contributed by atoms with Crippen LogP contribution >= 0.6 is 11.6 Å². The lowest BCUT2D eigenvalue weighted by atomic mass is 9.99. The maximum Gasteiger partial charge on any atom is 0.573 e. The van der Waals surface area contributed by atoms with E-state index in [1.807, 2.05) is 0 Å². The number of aliphatic hydroxyl groups excluding tert-OH is 1. The van der Waals surface area contributed by atoms with E-state index in [0.29, 0.717) is 12.8 Å². The number of benzene rings is 1. The van der Waals surface area contributed by atoms with E-state index in [1.165, 1.54) is 12.1 Å². The number of hydrogen-bond donors (Lipinski definition) is 2. The minimum atomic E-state index is -4.76. The summed E-state index contributed by atoms with van der Waals surface area (Å²) in [5, 5.41) is 12.3. The Kier molecular flexibility index (Phi) is 6.52. The quantitative estimate of drug-likeness (QED) is 0.826. The fourth-order valence-corrected chi connectivity index (χ4v) is 3.00. The fourth-order valence-electron chi connectivity index (χ4n) is 2.77. The molecule has 0 amide bonds. The maximum absolute atomic E-state index is 12.3. The van der Waals surface area contributed by atoms with Gasteiger partial charge in [-0.1, -0.05) is 17.7 Å². The van der Waals surface area contributed by atoms with Crippen molar-refractivity contribution >= 4 is 11.6 Å². The number of nitrogens with zero attached hydrogens (tertiary/aromatic N) is 1. The van der Waals surface area contributed by atoms with Crippen molar-refractivity contribution in [1.82, 2.24) is 10.2 Å². The summed E-state index contributed by atoms with van der Waals surface area (Å²) in [6, 6.07) is 4.39. The largest absolute Gasteiger partial charge is 0.573 e. The third-order valence-corrected chi connectivity index (χ3v) is 4.09. The smallest absolute Gasteiger partial charge is 0.404 e. The molecule has 8 heteroatoms. The van der Waals surface area contributed by atoms with Crippen LogP contribution in [-0.2, 0) is 0 Å². The first kappa shape index (κ1) is 18.3. The molecule has 1 aromatic rings. The molecular weight excluding hydrogens is 333 g/mol. The Balaban J connectivity index is 2.18. The van der Waals surface area contributed by atoms with Crippen molar-refractivity contribution in [2.24, 2.45) is 0 Å². The van der Waals surface area contributed by atoms with Crippen molar-refractivity contribution in [1.29, 1.82) is 0 Å². The van der Waals surface area contributed by atoms with Crippen LogP contribution in [0.5, 0.6) is 5.75 Å². The van der Waals surface area contributed by atoms with Crippen LogP contribution in [0.2, 0.25) is 5.02 Å². The number of rotatable bonds is 6. The monoisotopic (exact) mass is 352 g/mol. The van der Waals surface area contributed by atoms with Crippen LogP contribution in [0.3, 0.4) is 0 Å². The van der Waals surface area contributed by atoms with Crippen molar-refractivity contribution < 1.29 is 23.0 Å². The van der Waals surface area contributed by atoms with Crippen molar-refractivity contribution in [2.45, 2.75) is 25.2 Å². The van der Waals surface area contributed by atoms with Crippen LogP contribution in [0.1, 0.15) is 24.4 Å². The van der Waals surface area contributed by atoms with Gasteiger partial charge in [0.1, 0.15) is 5.75 Å². The lowest BCUT2D eigenvalue weighted by molar-refractivity contribution is -0.274. The average Bonchev–Trinajstić information content (AvgIpc) is 2.50. The maximum atomic E-state index is 12.3. The highest BCUT2D eigenvalue weighted by atomic mass is 35.5. The summed E-state index contributed by atoms with van der Waals surface area (Å²) in [6.45, 7) is 3.48. The molecule has 2 N–H and O–H groups in total. The van der Waals surface area contributed by atoms with E-state index >= 15 is 0 Å². The Morgan fingerprint density at radius 1 is 1.30 bits per heavy atom. The van der Waals surface area contributed by atoms with E-state index in [2.05, 4.69) is 15.0 Å². The molecular formula is C15H20ClF3N2O2. The Morgan fingerprint density at radius 2 is 2.00 bits per heavy atom. The van der Waals surface area contributed by atoms with E-state index in [1.54, 1.807) is 6.07 Å². The van der Waals surface area contributed by atoms with Crippen LogP contribution in [0.4, 0.5) is 13.2 Å². The molecule has 1 heterocycles. The number of nitrogens with one attached hydrogen (secondary N) is 1. The van der Waals surface area contributed by atoms with Gasteiger partial charge in [-0.25, -0.2) is 0 Å². The van der Waals surface area contributed by atoms with Gasteiger partial charge < -0.3 is 15.2 Å². The Hall–Kier alpha value is -1.02. The van der Waals surface area contributed by atoms with Gasteiger partial charge in [0, 0.05) is 38.8 Å². The van der Waals surface area contributed by atoms with Gasteiger partial charge in [0.05, 0.1) is 5.02 Å². The zero-order chi connectivity index (χ0) is 16.9. The minimum absolute atomic E-state index is 0.0155. The Labute approximate surface area is 138 Å². The van der Waals surface area contributed by atoms with Gasteiger partial charge in [0.15, 0.2) is 0 Å². The first-order chi connectivity index (χ1) is 10.9. The average molecular weight is 353 g/mol. The number of halogens is 4. The van der Waals surface area contributed by atoms with E-state index in [0.717, 1.165) is 31.7 Å². The van der Waals surface area contributed by atoms with Gasteiger partial charge in [0.25, 0.3) is 0 Å².